The van der Waals surface area contributed by atoms with Gasteiger partial charge in [0.15, 0.2) is 0 Å². The summed E-state index contributed by atoms with van der Waals surface area (Å²) in [7, 11) is 1.95. The van der Waals surface area contributed by atoms with Crippen LogP contribution in [-0.4, -0.2) is 13.3 Å². The maximum atomic E-state index is 10.2. The number of carbonyl (C=O) groups excluding carboxylic acids is 1. The molecule has 0 aliphatic carbocycles. The minimum Gasteiger partial charge on any atom is -0.415 e. The lowest BCUT2D eigenvalue weighted by Crippen LogP contribution is -2.01. The van der Waals surface area contributed by atoms with Crippen LogP contribution in [0.25, 0.3) is 0 Å². The van der Waals surface area contributed by atoms with Crippen LogP contribution in [0, 0.1) is 0 Å². The summed E-state index contributed by atoms with van der Waals surface area (Å²) < 4.78 is 4.60. The van der Waals surface area contributed by atoms with Gasteiger partial charge in [-0.1, -0.05) is 17.6 Å². The second-order valence-electron chi connectivity index (χ2n) is 2.15. The predicted octanol–water partition coefficient (Wildman–Crippen LogP) is 0.683. The van der Waals surface area contributed by atoms with Gasteiger partial charge in [0.2, 0.25) is 0 Å². The molecule has 4 heteroatoms. The number of benzene rings is 1. The van der Waals surface area contributed by atoms with Crippen LogP contribution in [0.2, 0.25) is 0 Å². The molecule has 0 radical (unpaired) electrons. The third kappa shape index (κ3) is 2.64. The molecule has 0 aliphatic heterocycles. The second kappa shape index (κ2) is 3.44. The Morgan fingerprint density at radius 1 is 1.36 bits per heavy atom. The average molecular weight is 168 g/mol. The van der Waals surface area contributed by atoms with Crippen molar-refractivity contribution in [1.29, 1.82) is 0 Å². The molecule has 1 rings (SSSR count). The van der Waals surface area contributed by atoms with Gasteiger partial charge >= 0.3 is 5.43 Å². The summed E-state index contributed by atoms with van der Waals surface area (Å²) in [6, 6.07) is 7.07. The third-order valence-electron chi connectivity index (χ3n) is 1.22. The Bertz CT molecular complexity index is 258. The molecule has 0 spiro atoms. The highest BCUT2D eigenvalue weighted by molar-refractivity contribution is 6.61. The fourth-order valence-electron chi connectivity index (χ4n) is 0.699. The molecule has 0 bridgehead atoms. The van der Waals surface area contributed by atoms with E-state index < -0.39 is 5.43 Å². The van der Waals surface area contributed by atoms with Crippen LogP contribution in [0.1, 0.15) is 0 Å². The molecule has 0 fully saturated rings. The van der Waals surface area contributed by atoms with Crippen molar-refractivity contribution in [2.45, 2.75) is 0 Å². The molecule has 1 aromatic rings. The van der Waals surface area contributed by atoms with E-state index in [0.717, 1.165) is 5.46 Å². The highest BCUT2D eigenvalue weighted by Gasteiger charge is 1.97. The van der Waals surface area contributed by atoms with E-state index in [1.54, 1.807) is 12.1 Å². The monoisotopic (exact) mass is 168 g/mol. The van der Waals surface area contributed by atoms with Crippen molar-refractivity contribution in [2.75, 3.05) is 0 Å². The second-order valence-corrected chi connectivity index (χ2v) is 2.46. The largest absolute Gasteiger partial charge is 0.415 e. The van der Waals surface area contributed by atoms with Crippen LogP contribution >= 0.6 is 11.6 Å². The normalized spacial score (nSPS) is 9.18. The number of hydrogen-bond acceptors (Lipinski definition) is 2. The Balaban J connectivity index is 2.74. The zero-order chi connectivity index (χ0) is 8.27. The van der Waals surface area contributed by atoms with E-state index in [1.807, 2.05) is 20.0 Å². The predicted molar refractivity (Wildman–Crippen MR) is 46.5 cm³/mol. The van der Waals surface area contributed by atoms with Crippen LogP contribution in [0.15, 0.2) is 24.3 Å². The maximum absolute atomic E-state index is 10.2. The standard InChI is InChI=1S/C7H6BClO2/c8-5-1-3-6(4-2-5)11-7(9)10/h1-4H,8H2. The SMILES string of the molecule is Bc1ccc(OC(=O)Cl)cc1. The van der Waals surface area contributed by atoms with Gasteiger partial charge in [0.1, 0.15) is 13.6 Å². The van der Waals surface area contributed by atoms with Crippen molar-refractivity contribution in [1.82, 2.24) is 0 Å². The molecule has 0 aromatic heterocycles. The van der Waals surface area contributed by atoms with Crippen LogP contribution in [0.4, 0.5) is 4.79 Å². The van der Waals surface area contributed by atoms with E-state index in [9.17, 15) is 4.79 Å². The van der Waals surface area contributed by atoms with E-state index in [4.69, 9.17) is 11.6 Å². The summed E-state index contributed by atoms with van der Waals surface area (Å²) in [6.45, 7) is 0. The van der Waals surface area contributed by atoms with Gasteiger partial charge in [-0.25, -0.2) is 4.79 Å². The summed E-state index contributed by atoms with van der Waals surface area (Å²) >= 11 is 4.99. The Morgan fingerprint density at radius 2 is 1.91 bits per heavy atom. The van der Waals surface area contributed by atoms with Crippen molar-refractivity contribution in [3.63, 3.8) is 0 Å². The Morgan fingerprint density at radius 3 is 2.36 bits per heavy atom. The lowest BCUT2D eigenvalue weighted by atomic mass is 9.97. The third-order valence-corrected chi connectivity index (χ3v) is 1.30. The summed E-state index contributed by atoms with van der Waals surface area (Å²) in [6.07, 6.45) is 0. The maximum Gasteiger partial charge on any atom is 0.409 e. The molecule has 0 heterocycles. The van der Waals surface area contributed by atoms with Gasteiger partial charge in [-0.2, -0.15) is 0 Å². The number of rotatable bonds is 1. The molecular weight excluding hydrogens is 162 g/mol. The summed E-state index contributed by atoms with van der Waals surface area (Å²) in [5.74, 6) is 0.468. The minimum atomic E-state index is -0.811. The van der Waals surface area contributed by atoms with Crippen LogP contribution in [-0.2, 0) is 0 Å². The quantitative estimate of drug-likeness (QED) is 0.455. The van der Waals surface area contributed by atoms with Gasteiger partial charge in [0.25, 0.3) is 0 Å². The summed E-state index contributed by atoms with van der Waals surface area (Å²) in [5.41, 5.74) is 0.299. The van der Waals surface area contributed by atoms with Crippen molar-refractivity contribution < 1.29 is 9.53 Å². The van der Waals surface area contributed by atoms with E-state index in [1.165, 1.54) is 0 Å². The van der Waals surface area contributed by atoms with Crippen molar-refractivity contribution >= 4 is 30.3 Å². The fourth-order valence-corrected chi connectivity index (χ4v) is 0.788. The molecule has 0 amide bonds. The molecule has 2 nitrogen and oxygen atoms in total. The van der Waals surface area contributed by atoms with E-state index in [-0.39, 0.29) is 0 Å². The molecule has 0 unspecified atom stereocenters. The van der Waals surface area contributed by atoms with Gasteiger partial charge in [-0.15, -0.1) is 0 Å². The first-order valence-corrected chi connectivity index (χ1v) is 3.50. The Kier molecular flexibility index (Phi) is 2.55. The van der Waals surface area contributed by atoms with E-state index >= 15 is 0 Å². The molecule has 0 saturated carbocycles. The van der Waals surface area contributed by atoms with Crippen LogP contribution in [0.3, 0.4) is 0 Å². The molecular formula is C7H6BClO2. The number of hydrogen-bond donors (Lipinski definition) is 0. The molecule has 0 aliphatic rings. The first-order chi connectivity index (χ1) is 5.18. The molecule has 56 valence electrons. The molecule has 1 aromatic carbocycles. The lowest BCUT2D eigenvalue weighted by Gasteiger charge is -1.98. The number of halogens is 1. The van der Waals surface area contributed by atoms with Crippen LogP contribution in [0.5, 0.6) is 5.75 Å². The van der Waals surface area contributed by atoms with Crippen molar-refractivity contribution in [2.24, 2.45) is 0 Å². The first-order valence-electron chi connectivity index (χ1n) is 3.12. The van der Waals surface area contributed by atoms with Gasteiger partial charge in [0.05, 0.1) is 0 Å². The zero-order valence-electron chi connectivity index (χ0n) is 6.00. The van der Waals surface area contributed by atoms with E-state index in [0.29, 0.717) is 5.75 Å². The molecule has 11 heavy (non-hydrogen) atoms. The molecule has 0 atom stereocenters. The van der Waals surface area contributed by atoms with E-state index in [2.05, 4.69) is 4.74 Å². The molecule has 0 N–H and O–H groups in total. The topological polar surface area (TPSA) is 26.3 Å². The first kappa shape index (κ1) is 8.14. The van der Waals surface area contributed by atoms with Crippen LogP contribution < -0.4 is 10.2 Å². The number of carbonyl (C=O) groups is 1. The van der Waals surface area contributed by atoms with Gasteiger partial charge in [-0.05, 0) is 12.1 Å². The summed E-state index contributed by atoms with van der Waals surface area (Å²) in [4.78, 5) is 10.2. The highest BCUT2D eigenvalue weighted by atomic mass is 35.5. The van der Waals surface area contributed by atoms with Gasteiger partial charge in [0, 0.05) is 11.6 Å². The minimum absolute atomic E-state index is 0.468. The number of ether oxygens (including phenoxy) is 1. The summed E-state index contributed by atoms with van der Waals surface area (Å²) in [5, 5.41) is 0. The smallest absolute Gasteiger partial charge is 0.409 e. The van der Waals surface area contributed by atoms with Gasteiger partial charge in [-0.3, -0.25) is 0 Å². The Labute approximate surface area is 70.5 Å². The fraction of sp³-hybridized carbons (Fsp3) is 0. The molecule has 0 saturated heterocycles. The zero-order valence-corrected chi connectivity index (χ0v) is 6.76. The lowest BCUT2D eigenvalue weighted by molar-refractivity contribution is 0.225. The highest BCUT2D eigenvalue weighted by Crippen LogP contribution is 2.08. The van der Waals surface area contributed by atoms with Crippen molar-refractivity contribution in [3.8, 4) is 5.75 Å². The average Bonchev–Trinajstić information content (AvgIpc) is 1.93. The van der Waals surface area contributed by atoms with Gasteiger partial charge < -0.3 is 4.74 Å². The van der Waals surface area contributed by atoms with Crippen molar-refractivity contribution in [3.05, 3.63) is 24.3 Å². The Hall–Kier alpha value is -0.955.